The fourth-order valence-electron chi connectivity index (χ4n) is 3.13. The number of aryl methyl sites for hydroxylation is 2. The van der Waals surface area contributed by atoms with Gasteiger partial charge >= 0.3 is 5.69 Å². The summed E-state index contributed by atoms with van der Waals surface area (Å²) in [7, 11) is 3.04. The molecule has 0 radical (unpaired) electrons. The van der Waals surface area contributed by atoms with Crippen LogP contribution >= 0.6 is 0 Å². The summed E-state index contributed by atoms with van der Waals surface area (Å²) < 4.78 is 8.38. The number of hydrogen-bond acceptors (Lipinski definition) is 5. The van der Waals surface area contributed by atoms with Crippen LogP contribution in [0.2, 0.25) is 0 Å². The summed E-state index contributed by atoms with van der Waals surface area (Å²) in [5.74, 6) is 0.394. The topological polar surface area (TPSA) is 82.1 Å². The zero-order valence-corrected chi connectivity index (χ0v) is 15.2. The third-order valence-corrected chi connectivity index (χ3v) is 4.63. The molecule has 0 fully saturated rings. The van der Waals surface area contributed by atoms with E-state index < -0.39 is 11.2 Å². The van der Waals surface area contributed by atoms with Crippen molar-refractivity contribution < 1.29 is 4.42 Å². The third-order valence-electron chi connectivity index (χ3n) is 4.63. The van der Waals surface area contributed by atoms with Gasteiger partial charge in [-0.05, 0) is 24.6 Å². The van der Waals surface area contributed by atoms with E-state index in [0.29, 0.717) is 16.8 Å². The summed E-state index contributed by atoms with van der Waals surface area (Å²) in [5, 5.41) is 3.60. The molecule has 4 rings (SSSR count). The minimum absolute atomic E-state index is 0.220. The lowest BCUT2D eigenvalue weighted by molar-refractivity contribution is 0.577. The van der Waals surface area contributed by atoms with Gasteiger partial charge in [0.15, 0.2) is 0 Å². The third kappa shape index (κ3) is 2.64. The highest BCUT2D eigenvalue weighted by molar-refractivity contribution is 5.99. The largest absolute Gasteiger partial charge is 0.423 e. The average molecular weight is 362 g/mol. The molecule has 0 saturated carbocycles. The molecule has 3 heterocycles. The van der Waals surface area contributed by atoms with Crippen molar-refractivity contribution in [2.45, 2.75) is 6.92 Å². The molecule has 0 spiro atoms. The van der Waals surface area contributed by atoms with Gasteiger partial charge in [-0.3, -0.25) is 18.9 Å². The second-order valence-corrected chi connectivity index (χ2v) is 6.37. The average Bonchev–Trinajstić information content (AvgIpc) is 3.06. The van der Waals surface area contributed by atoms with Gasteiger partial charge in [0.25, 0.3) is 5.56 Å². The van der Waals surface area contributed by atoms with E-state index in [1.54, 1.807) is 25.5 Å². The van der Waals surface area contributed by atoms with Crippen LogP contribution < -0.4 is 16.6 Å². The predicted molar refractivity (Wildman–Crippen MR) is 104 cm³/mol. The maximum Gasteiger partial charge on any atom is 0.333 e. The number of pyridine rings is 1. The van der Waals surface area contributed by atoms with Crippen molar-refractivity contribution in [2.75, 3.05) is 5.32 Å². The zero-order chi connectivity index (χ0) is 19.1. The van der Waals surface area contributed by atoms with Crippen molar-refractivity contribution >= 4 is 22.7 Å². The monoisotopic (exact) mass is 362 g/mol. The molecular formula is C20H18N4O3. The van der Waals surface area contributed by atoms with Gasteiger partial charge < -0.3 is 9.73 Å². The molecule has 0 unspecified atom stereocenters. The predicted octanol–water partition coefficient (Wildman–Crippen LogP) is 2.94. The van der Waals surface area contributed by atoms with E-state index in [1.165, 1.54) is 11.6 Å². The summed E-state index contributed by atoms with van der Waals surface area (Å²) in [4.78, 5) is 29.3. The van der Waals surface area contributed by atoms with E-state index in [9.17, 15) is 9.59 Å². The molecule has 0 bridgehead atoms. The summed E-state index contributed by atoms with van der Waals surface area (Å²) in [6, 6.07) is 11.4. The normalized spacial score (nSPS) is 11.1. The van der Waals surface area contributed by atoms with Crippen LogP contribution in [0, 0.1) is 6.92 Å². The lowest BCUT2D eigenvalue weighted by Crippen LogP contribution is -2.36. The molecule has 0 aliphatic carbocycles. The molecule has 136 valence electrons. The van der Waals surface area contributed by atoms with Gasteiger partial charge in [-0.15, -0.1) is 0 Å². The van der Waals surface area contributed by atoms with E-state index in [1.807, 2.05) is 37.3 Å². The first-order valence-electron chi connectivity index (χ1n) is 8.44. The first-order valence-corrected chi connectivity index (χ1v) is 8.44. The van der Waals surface area contributed by atoms with Gasteiger partial charge in [0.2, 0.25) is 11.6 Å². The van der Waals surface area contributed by atoms with Gasteiger partial charge in [-0.1, -0.05) is 24.3 Å². The van der Waals surface area contributed by atoms with E-state index >= 15 is 0 Å². The number of rotatable bonds is 3. The van der Waals surface area contributed by atoms with Gasteiger partial charge in [0.1, 0.15) is 5.39 Å². The van der Waals surface area contributed by atoms with E-state index in [-0.39, 0.29) is 5.71 Å². The second kappa shape index (κ2) is 6.28. The number of furan rings is 1. The molecular weight excluding hydrogens is 344 g/mol. The Balaban J connectivity index is 2.08. The number of anilines is 2. The Morgan fingerprint density at radius 1 is 1.04 bits per heavy atom. The SMILES string of the molecule is Cc1ccccc1Nc1oc2c(c1-c1cccnc1)c(=O)n(C)c(=O)n2C. The minimum atomic E-state index is -0.443. The van der Waals surface area contributed by atoms with Crippen molar-refractivity contribution in [3.8, 4) is 11.1 Å². The molecule has 7 heteroatoms. The zero-order valence-electron chi connectivity index (χ0n) is 15.2. The van der Waals surface area contributed by atoms with Crippen LogP contribution in [0.1, 0.15) is 5.56 Å². The Labute approximate surface area is 154 Å². The molecule has 1 aromatic carbocycles. The lowest BCUT2D eigenvalue weighted by atomic mass is 10.1. The quantitative estimate of drug-likeness (QED) is 0.606. The molecule has 4 aromatic rings. The Kier molecular flexibility index (Phi) is 3.92. The maximum absolute atomic E-state index is 12.9. The second-order valence-electron chi connectivity index (χ2n) is 6.37. The molecule has 1 N–H and O–H groups in total. The number of hydrogen-bond donors (Lipinski definition) is 1. The van der Waals surface area contributed by atoms with Crippen molar-refractivity contribution in [1.82, 2.24) is 14.1 Å². The standard InChI is InChI=1S/C20H18N4O3/c1-12-7-4-5-9-14(12)22-17-15(13-8-6-10-21-11-13)16-18(25)23(2)20(26)24(3)19(16)27-17/h4-11,22H,1-3H3. The number of nitrogens with one attached hydrogen (secondary N) is 1. The van der Waals surface area contributed by atoms with Crippen molar-refractivity contribution in [3.05, 3.63) is 75.2 Å². The Bertz CT molecular complexity index is 1270. The van der Waals surface area contributed by atoms with Crippen molar-refractivity contribution in [3.63, 3.8) is 0 Å². The van der Waals surface area contributed by atoms with Crippen LogP contribution in [0.15, 0.2) is 62.8 Å². The highest BCUT2D eigenvalue weighted by Crippen LogP contribution is 2.37. The Hall–Kier alpha value is -3.61. The molecule has 0 amide bonds. The number of aromatic nitrogens is 3. The number of para-hydroxylation sites is 1. The van der Waals surface area contributed by atoms with Crippen LogP contribution in [0.5, 0.6) is 0 Å². The van der Waals surface area contributed by atoms with Crippen molar-refractivity contribution in [2.24, 2.45) is 14.1 Å². The molecule has 0 atom stereocenters. The molecule has 0 aliphatic rings. The first kappa shape index (κ1) is 16.8. The minimum Gasteiger partial charge on any atom is -0.423 e. The van der Waals surface area contributed by atoms with Gasteiger partial charge in [-0.25, -0.2) is 4.79 Å². The van der Waals surface area contributed by atoms with Crippen LogP contribution in [0.25, 0.3) is 22.2 Å². The maximum atomic E-state index is 12.9. The summed E-state index contributed by atoms with van der Waals surface area (Å²) >= 11 is 0. The van der Waals surface area contributed by atoms with E-state index in [4.69, 9.17) is 4.42 Å². The van der Waals surface area contributed by atoms with E-state index in [0.717, 1.165) is 21.4 Å². The summed E-state index contributed by atoms with van der Waals surface area (Å²) in [6.07, 6.45) is 3.33. The van der Waals surface area contributed by atoms with Crippen LogP contribution in [0.3, 0.4) is 0 Å². The Morgan fingerprint density at radius 2 is 1.81 bits per heavy atom. The first-order chi connectivity index (χ1) is 13.0. The fraction of sp³-hybridized carbons (Fsp3) is 0.150. The number of benzene rings is 1. The summed E-state index contributed by atoms with van der Waals surface area (Å²) in [6.45, 7) is 1.98. The van der Waals surface area contributed by atoms with Crippen LogP contribution in [0.4, 0.5) is 11.6 Å². The van der Waals surface area contributed by atoms with E-state index in [2.05, 4.69) is 10.3 Å². The van der Waals surface area contributed by atoms with Crippen LogP contribution in [-0.2, 0) is 14.1 Å². The summed E-state index contributed by atoms with van der Waals surface area (Å²) in [5.41, 5.74) is 2.55. The molecule has 0 aliphatic heterocycles. The highest BCUT2D eigenvalue weighted by Gasteiger charge is 2.23. The van der Waals surface area contributed by atoms with Gasteiger partial charge in [0.05, 0.1) is 5.56 Å². The fourth-order valence-corrected chi connectivity index (χ4v) is 3.13. The number of fused-ring (bicyclic) bond motifs is 1. The highest BCUT2D eigenvalue weighted by atomic mass is 16.4. The lowest BCUT2D eigenvalue weighted by Gasteiger charge is -2.08. The Morgan fingerprint density at radius 3 is 2.52 bits per heavy atom. The van der Waals surface area contributed by atoms with Crippen molar-refractivity contribution in [1.29, 1.82) is 0 Å². The number of nitrogens with zero attached hydrogens (tertiary/aromatic N) is 3. The molecule has 3 aromatic heterocycles. The van der Waals surface area contributed by atoms with Gasteiger partial charge in [0, 0.05) is 37.7 Å². The molecule has 7 nitrogen and oxygen atoms in total. The molecule has 0 saturated heterocycles. The smallest absolute Gasteiger partial charge is 0.333 e. The van der Waals surface area contributed by atoms with Gasteiger partial charge in [-0.2, -0.15) is 0 Å². The van der Waals surface area contributed by atoms with Crippen LogP contribution in [-0.4, -0.2) is 14.1 Å². The molecule has 27 heavy (non-hydrogen) atoms.